The molecule has 0 atom stereocenters. The fraction of sp³-hybridized carbons (Fsp3) is 0.148. The van der Waals surface area contributed by atoms with Crippen molar-refractivity contribution in [2.45, 2.75) is 13.0 Å². The van der Waals surface area contributed by atoms with Gasteiger partial charge in [-0.2, -0.15) is 10.2 Å². The first-order chi connectivity index (χ1) is 16.5. The maximum absolute atomic E-state index is 13.6. The number of hydrogen-bond donors (Lipinski definition) is 1. The Kier molecular flexibility index (Phi) is 5.67. The molecule has 170 valence electrons. The van der Waals surface area contributed by atoms with Crippen LogP contribution in [0.3, 0.4) is 0 Å². The van der Waals surface area contributed by atoms with Crippen LogP contribution in [0, 0.1) is 5.82 Å². The summed E-state index contributed by atoms with van der Waals surface area (Å²) in [5.74, 6) is -0.243. The molecule has 0 fully saturated rings. The Balaban J connectivity index is 1.43. The van der Waals surface area contributed by atoms with Gasteiger partial charge in [0.2, 0.25) is 0 Å². The Bertz CT molecular complexity index is 1530. The number of halogens is 1. The van der Waals surface area contributed by atoms with Crippen LogP contribution in [0.5, 0.6) is 0 Å². The highest BCUT2D eigenvalue weighted by Crippen LogP contribution is 2.26. The van der Waals surface area contributed by atoms with E-state index in [4.69, 9.17) is 0 Å². The maximum Gasteiger partial charge on any atom is 0.167 e. The number of aryl methyl sites for hydroxylation is 1. The van der Waals surface area contributed by atoms with Crippen LogP contribution >= 0.6 is 0 Å². The molecule has 0 aliphatic rings. The third-order valence-corrected chi connectivity index (χ3v) is 6.12. The number of nitrogens with zero attached hydrogens (tertiary/aromatic N) is 4. The van der Waals surface area contributed by atoms with E-state index in [0.717, 1.165) is 50.3 Å². The summed E-state index contributed by atoms with van der Waals surface area (Å²) in [5.41, 5.74) is 6.32. The van der Waals surface area contributed by atoms with Crippen LogP contribution in [-0.2, 0) is 20.0 Å². The van der Waals surface area contributed by atoms with Crippen LogP contribution in [0.25, 0.3) is 21.8 Å². The molecule has 0 spiro atoms. The summed E-state index contributed by atoms with van der Waals surface area (Å²) < 4.78 is 15.5. The number of carbonyl (C=O) groups is 1. The number of aromatic nitrogens is 3. The predicted octanol–water partition coefficient (Wildman–Crippen LogP) is 5.06. The predicted molar refractivity (Wildman–Crippen MR) is 133 cm³/mol. The third kappa shape index (κ3) is 4.08. The van der Waals surface area contributed by atoms with Crippen molar-refractivity contribution in [2.24, 2.45) is 12.1 Å². The first-order valence-electron chi connectivity index (χ1n) is 11.0. The molecule has 34 heavy (non-hydrogen) atoms. The highest BCUT2D eigenvalue weighted by atomic mass is 19.1. The van der Waals surface area contributed by atoms with Crippen molar-refractivity contribution in [3.8, 4) is 0 Å². The molecule has 6 nitrogen and oxygen atoms in total. The average molecular weight is 454 g/mol. The number of aromatic amines is 1. The lowest BCUT2D eigenvalue weighted by molar-refractivity contribution is 0.111. The summed E-state index contributed by atoms with van der Waals surface area (Å²) in [5, 5.41) is 15.6. The van der Waals surface area contributed by atoms with Gasteiger partial charge in [-0.15, -0.1) is 0 Å². The van der Waals surface area contributed by atoms with Crippen LogP contribution in [-0.4, -0.2) is 39.3 Å². The zero-order chi connectivity index (χ0) is 23.7. The molecule has 0 aliphatic heterocycles. The fourth-order valence-electron chi connectivity index (χ4n) is 4.41. The zero-order valence-electron chi connectivity index (χ0n) is 19.0. The molecule has 0 amide bonds. The lowest BCUT2D eigenvalue weighted by Gasteiger charge is -2.13. The fourth-order valence-corrected chi connectivity index (χ4v) is 4.41. The molecule has 2 heterocycles. The number of rotatable bonds is 7. The van der Waals surface area contributed by atoms with Crippen molar-refractivity contribution in [3.63, 3.8) is 0 Å². The standard InChI is InChI=1S/C27H24FN5O/c1-32(16-20-6-4-8-25-23(20)14-29-31-25)30-15-24-22-10-9-19(11-18-5-3-7-21(28)12-18)13-26(22)33(2)27(24)17-34/h3-10,12-15,17H,11,16H2,1-2H3,(H,29,31)/b30-15-. The van der Waals surface area contributed by atoms with E-state index in [1.807, 2.05) is 66.3 Å². The van der Waals surface area contributed by atoms with Crippen LogP contribution in [0.15, 0.2) is 72.0 Å². The van der Waals surface area contributed by atoms with E-state index < -0.39 is 0 Å². The third-order valence-electron chi connectivity index (χ3n) is 6.12. The molecule has 0 bridgehead atoms. The van der Waals surface area contributed by atoms with E-state index in [0.29, 0.717) is 18.7 Å². The number of carbonyl (C=O) groups excluding carboxylic acids is 1. The highest BCUT2D eigenvalue weighted by molar-refractivity contribution is 6.06. The van der Waals surface area contributed by atoms with Crippen molar-refractivity contribution in [2.75, 3.05) is 7.05 Å². The number of hydrazone groups is 1. The second-order valence-electron chi connectivity index (χ2n) is 8.44. The highest BCUT2D eigenvalue weighted by Gasteiger charge is 2.14. The topological polar surface area (TPSA) is 66.3 Å². The molecule has 5 rings (SSSR count). The second-order valence-corrected chi connectivity index (χ2v) is 8.44. The molecular weight excluding hydrogens is 429 g/mol. The number of fused-ring (bicyclic) bond motifs is 2. The number of nitrogens with one attached hydrogen (secondary N) is 1. The first kappa shape index (κ1) is 21.6. The number of aldehydes is 1. The minimum Gasteiger partial charge on any atom is -0.341 e. The Morgan fingerprint density at radius 2 is 1.91 bits per heavy atom. The van der Waals surface area contributed by atoms with Crippen LogP contribution in [0.2, 0.25) is 0 Å². The smallest absolute Gasteiger partial charge is 0.167 e. The van der Waals surface area contributed by atoms with Crippen LogP contribution < -0.4 is 0 Å². The lowest BCUT2D eigenvalue weighted by Crippen LogP contribution is -2.11. The van der Waals surface area contributed by atoms with E-state index >= 15 is 0 Å². The van der Waals surface area contributed by atoms with Crippen LogP contribution in [0.4, 0.5) is 4.39 Å². The summed E-state index contributed by atoms with van der Waals surface area (Å²) in [6.45, 7) is 0.604. The lowest BCUT2D eigenvalue weighted by atomic mass is 10.0. The van der Waals surface area contributed by atoms with Gasteiger partial charge in [0.1, 0.15) is 5.82 Å². The van der Waals surface area contributed by atoms with Gasteiger partial charge in [0.05, 0.1) is 30.2 Å². The summed E-state index contributed by atoms with van der Waals surface area (Å²) in [6, 6.07) is 18.7. The van der Waals surface area contributed by atoms with Gasteiger partial charge in [0.15, 0.2) is 6.29 Å². The van der Waals surface area contributed by atoms with E-state index in [-0.39, 0.29) is 5.82 Å². The van der Waals surface area contributed by atoms with Gasteiger partial charge < -0.3 is 4.57 Å². The van der Waals surface area contributed by atoms with Crippen molar-refractivity contribution in [1.29, 1.82) is 0 Å². The van der Waals surface area contributed by atoms with Gasteiger partial charge in [-0.25, -0.2) is 4.39 Å². The first-order valence-corrected chi connectivity index (χ1v) is 11.0. The van der Waals surface area contributed by atoms with Gasteiger partial charge in [0.25, 0.3) is 0 Å². The quantitative estimate of drug-likeness (QED) is 0.213. The number of hydrogen-bond acceptors (Lipinski definition) is 4. The summed E-state index contributed by atoms with van der Waals surface area (Å²) >= 11 is 0. The van der Waals surface area contributed by atoms with E-state index in [1.54, 1.807) is 18.3 Å². The Morgan fingerprint density at radius 1 is 1.09 bits per heavy atom. The van der Waals surface area contributed by atoms with Gasteiger partial charge in [-0.1, -0.05) is 36.4 Å². The van der Waals surface area contributed by atoms with E-state index in [1.165, 1.54) is 6.07 Å². The minimum atomic E-state index is -0.243. The average Bonchev–Trinajstić information content (AvgIpc) is 3.41. The molecule has 3 aromatic carbocycles. The van der Waals surface area contributed by atoms with Crippen molar-refractivity contribution >= 4 is 34.3 Å². The van der Waals surface area contributed by atoms with Crippen molar-refractivity contribution in [1.82, 2.24) is 19.8 Å². The van der Waals surface area contributed by atoms with Gasteiger partial charge in [0, 0.05) is 35.9 Å². The second kappa shape index (κ2) is 8.94. The molecule has 0 unspecified atom stereocenters. The molecule has 0 saturated heterocycles. The van der Waals surface area contributed by atoms with Crippen molar-refractivity contribution in [3.05, 3.63) is 101 Å². The summed E-state index contributed by atoms with van der Waals surface area (Å²) in [6.07, 6.45) is 5.04. The summed E-state index contributed by atoms with van der Waals surface area (Å²) in [7, 11) is 3.77. The molecule has 5 aromatic rings. The Morgan fingerprint density at radius 3 is 2.74 bits per heavy atom. The molecule has 2 aromatic heterocycles. The normalized spacial score (nSPS) is 11.6. The van der Waals surface area contributed by atoms with Gasteiger partial charge >= 0.3 is 0 Å². The molecule has 0 saturated carbocycles. The van der Waals surface area contributed by atoms with Crippen LogP contribution in [0.1, 0.15) is 32.7 Å². The number of H-pyrrole nitrogens is 1. The molecule has 0 aliphatic carbocycles. The molecule has 7 heteroatoms. The largest absolute Gasteiger partial charge is 0.341 e. The van der Waals surface area contributed by atoms with Gasteiger partial charge in [-0.3, -0.25) is 14.9 Å². The zero-order valence-corrected chi connectivity index (χ0v) is 19.0. The van der Waals surface area contributed by atoms with E-state index in [9.17, 15) is 9.18 Å². The summed E-state index contributed by atoms with van der Waals surface area (Å²) in [4.78, 5) is 11.9. The van der Waals surface area contributed by atoms with E-state index in [2.05, 4.69) is 21.4 Å². The number of benzene rings is 3. The van der Waals surface area contributed by atoms with Crippen molar-refractivity contribution < 1.29 is 9.18 Å². The Labute approximate surface area is 196 Å². The molecule has 0 radical (unpaired) electrons. The molecular formula is C27H24FN5O. The van der Waals surface area contributed by atoms with Gasteiger partial charge in [-0.05, 0) is 47.4 Å². The SMILES string of the molecule is CN(Cc1cccc2[nH]ncc12)/N=C\c1c(C=O)n(C)c2cc(Cc3cccc(F)c3)ccc12. The molecule has 1 N–H and O–H groups in total. The Hall–Kier alpha value is -4.26. The monoisotopic (exact) mass is 453 g/mol. The minimum absolute atomic E-state index is 0.243. The maximum atomic E-state index is 13.6.